The van der Waals surface area contributed by atoms with Crippen LogP contribution in [0, 0.1) is 6.92 Å². The van der Waals surface area contributed by atoms with Crippen LogP contribution in [0.4, 0.5) is 5.69 Å². The first-order chi connectivity index (χ1) is 12.6. The summed E-state index contributed by atoms with van der Waals surface area (Å²) < 4.78 is 0. The largest absolute Gasteiger partial charge is 0.366 e. The lowest BCUT2D eigenvalue weighted by atomic mass is 10.2. The first-order valence-corrected chi connectivity index (χ1v) is 9.64. The van der Waals surface area contributed by atoms with E-state index in [-0.39, 0.29) is 11.8 Å². The van der Waals surface area contributed by atoms with Crippen LogP contribution >= 0.6 is 11.8 Å². The summed E-state index contributed by atoms with van der Waals surface area (Å²) in [6.07, 6.45) is 2.11. The zero-order valence-electron chi connectivity index (χ0n) is 14.6. The number of aryl methyl sites for hydroxylation is 1. The molecule has 2 aromatic carbocycles. The molecule has 0 bridgehead atoms. The molecule has 0 spiro atoms. The SMILES string of the molecule is Cc1ccc(SC2=C(N3CCCC3)C(=O)N(c3ccccc3)C2=O)cc1. The number of hydrogen-bond acceptors (Lipinski definition) is 4. The van der Waals surface area contributed by atoms with Crippen molar-refractivity contribution >= 4 is 29.3 Å². The molecule has 2 aromatic rings. The van der Waals surface area contributed by atoms with Crippen LogP contribution in [0.25, 0.3) is 0 Å². The van der Waals surface area contributed by atoms with Crippen LogP contribution in [0.2, 0.25) is 0 Å². The summed E-state index contributed by atoms with van der Waals surface area (Å²) in [7, 11) is 0. The molecule has 0 aliphatic carbocycles. The molecule has 0 N–H and O–H groups in total. The lowest BCUT2D eigenvalue weighted by Gasteiger charge is -2.20. The molecule has 2 amide bonds. The molecule has 0 unspecified atom stereocenters. The number of para-hydroxylation sites is 1. The zero-order valence-corrected chi connectivity index (χ0v) is 15.5. The quantitative estimate of drug-likeness (QED) is 0.770. The van der Waals surface area contributed by atoms with Crippen molar-refractivity contribution in [3.63, 3.8) is 0 Å². The monoisotopic (exact) mass is 364 g/mol. The second kappa shape index (κ2) is 7.00. The normalized spacial score (nSPS) is 17.6. The Bertz CT molecular complexity index is 869. The highest BCUT2D eigenvalue weighted by molar-refractivity contribution is 8.04. The van der Waals surface area contributed by atoms with Crippen LogP contribution in [0.5, 0.6) is 0 Å². The number of anilines is 1. The van der Waals surface area contributed by atoms with Crippen LogP contribution in [-0.4, -0.2) is 29.8 Å². The zero-order chi connectivity index (χ0) is 18.1. The highest BCUT2D eigenvalue weighted by Gasteiger charge is 2.42. The second-order valence-corrected chi connectivity index (χ2v) is 7.65. The predicted molar refractivity (Wildman–Crippen MR) is 104 cm³/mol. The molecule has 4 nitrogen and oxygen atoms in total. The highest BCUT2D eigenvalue weighted by Crippen LogP contribution is 2.39. The van der Waals surface area contributed by atoms with E-state index in [1.807, 2.05) is 49.4 Å². The van der Waals surface area contributed by atoms with Gasteiger partial charge >= 0.3 is 0 Å². The molecule has 2 heterocycles. The molecular weight excluding hydrogens is 344 g/mol. The lowest BCUT2D eigenvalue weighted by molar-refractivity contribution is -0.120. The molecule has 0 radical (unpaired) electrons. The Morgan fingerprint density at radius 3 is 2.15 bits per heavy atom. The molecule has 0 saturated carbocycles. The topological polar surface area (TPSA) is 40.6 Å². The van der Waals surface area contributed by atoms with E-state index in [9.17, 15) is 9.59 Å². The van der Waals surface area contributed by atoms with Gasteiger partial charge in [-0.05, 0) is 44.0 Å². The van der Waals surface area contributed by atoms with E-state index in [0.29, 0.717) is 16.3 Å². The van der Waals surface area contributed by atoms with Crippen molar-refractivity contribution < 1.29 is 9.59 Å². The number of carbonyl (C=O) groups excluding carboxylic acids is 2. The maximum absolute atomic E-state index is 13.2. The number of benzene rings is 2. The molecule has 0 aromatic heterocycles. The van der Waals surface area contributed by atoms with E-state index in [0.717, 1.165) is 30.8 Å². The Labute approximate surface area is 157 Å². The van der Waals surface area contributed by atoms with Gasteiger partial charge in [0.1, 0.15) is 10.6 Å². The van der Waals surface area contributed by atoms with Crippen LogP contribution < -0.4 is 4.90 Å². The van der Waals surface area contributed by atoms with E-state index in [4.69, 9.17) is 0 Å². The molecule has 1 fully saturated rings. The van der Waals surface area contributed by atoms with Gasteiger partial charge in [0.15, 0.2) is 0 Å². The molecule has 2 aliphatic rings. The summed E-state index contributed by atoms with van der Waals surface area (Å²) in [5, 5.41) is 0. The van der Waals surface area contributed by atoms with Gasteiger partial charge in [-0.25, -0.2) is 4.90 Å². The number of thioether (sulfide) groups is 1. The minimum absolute atomic E-state index is 0.210. The van der Waals surface area contributed by atoms with Crippen molar-refractivity contribution in [3.05, 3.63) is 70.8 Å². The first kappa shape index (κ1) is 16.9. The highest BCUT2D eigenvalue weighted by atomic mass is 32.2. The standard InChI is InChI=1S/C21H20N2O2S/c1-15-9-11-17(12-10-15)26-19-18(22-13-5-6-14-22)20(24)23(21(19)25)16-7-3-2-4-8-16/h2-4,7-12H,5-6,13-14H2,1H3. The Morgan fingerprint density at radius 2 is 1.50 bits per heavy atom. The van der Waals surface area contributed by atoms with Gasteiger partial charge in [-0.3, -0.25) is 9.59 Å². The predicted octanol–water partition coefficient (Wildman–Crippen LogP) is 3.97. The van der Waals surface area contributed by atoms with Crippen LogP contribution in [-0.2, 0) is 9.59 Å². The van der Waals surface area contributed by atoms with E-state index in [1.54, 1.807) is 12.1 Å². The summed E-state index contributed by atoms with van der Waals surface area (Å²) in [5.41, 5.74) is 2.35. The van der Waals surface area contributed by atoms with Gasteiger partial charge in [0.2, 0.25) is 0 Å². The second-order valence-electron chi connectivity index (χ2n) is 6.57. The van der Waals surface area contributed by atoms with Crippen molar-refractivity contribution in [2.24, 2.45) is 0 Å². The Hall–Kier alpha value is -2.53. The molecule has 132 valence electrons. The number of carbonyl (C=O) groups is 2. The number of imide groups is 1. The molecule has 2 aliphatic heterocycles. The molecule has 0 atom stereocenters. The van der Waals surface area contributed by atoms with Crippen LogP contribution in [0.15, 0.2) is 70.1 Å². The third-order valence-corrected chi connectivity index (χ3v) is 5.78. The number of amides is 2. The Morgan fingerprint density at radius 1 is 0.846 bits per heavy atom. The fourth-order valence-corrected chi connectivity index (χ4v) is 4.34. The number of rotatable bonds is 4. The summed E-state index contributed by atoms with van der Waals surface area (Å²) in [5.74, 6) is -0.439. The van der Waals surface area contributed by atoms with Gasteiger partial charge in [-0.15, -0.1) is 0 Å². The maximum Gasteiger partial charge on any atom is 0.283 e. The fraction of sp³-hybridized carbons (Fsp3) is 0.238. The third kappa shape index (κ3) is 3.03. The van der Waals surface area contributed by atoms with Crippen LogP contribution in [0.3, 0.4) is 0 Å². The maximum atomic E-state index is 13.2. The molecule has 26 heavy (non-hydrogen) atoms. The summed E-state index contributed by atoms with van der Waals surface area (Å²) >= 11 is 1.39. The van der Waals surface area contributed by atoms with Gasteiger partial charge in [0.25, 0.3) is 11.8 Å². The van der Waals surface area contributed by atoms with Crippen molar-refractivity contribution in [1.82, 2.24) is 4.90 Å². The molecule has 5 heteroatoms. The average Bonchev–Trinajstić information content (AvgIpc) is 3.25. The van der Waals surface area contributed by atoms with Gasteiger partial charge in [0.05, 0.1) is 5.69 Å². The summed E-state index contributed by atoms with van der Waals surface area (Å²) in [6, 6.07) is 17.2. The minimum atomic E-state index is -0.228. The van der Waals surface area contributed by atoms with E-state index >= 15 is 0 Å². The Kier molecular flexibility index (Phi) is 4.55. The lowest BCUT2D eigenvalue weighted by Crippen LogP contribution is -2.34. The smallest absolute Gasteiger partial charge is 0.283 e. The van der Waals surface area contributed by atoms with Crippen molar-refractivity contribution in [1.29, 1.82) is 0 Å². The van der Waals surface area contributed by atoms with Gasteiger partial charge in [-0.2, -0.15) is 0 Å². The van der Waals surface area contributed by atoms with E-state index in [1.165, 1.54) is 22.2 Å². The first-order valence-electron chi connectivity index (χ1n) is 8.83. The van der Waals surface area contributed by atoms with Gasteiger partial charge < -0.3 is 4.90 Å². The summed E-state index contributed by atoms with van der Waals surface area (Å²) in [6.45, 7) is 3.69. The van der Waals surface area contributed by atoms with E-state index < -0.39 is 0 Å². The minimum Gasteiger partial charge on any atom is -0.366 e. The fourth-order valence-electron chi connectivity index (χ4n) is 3.35. The Balaban J connectivity index is 1.73. The number of hydrogen-bond donors (Lipinski definition) is 0. The third-order valence-electron chi connectivity index (χ3n) is 4.70. The molecular formula is C21H20N2O2S. The molecule has 4 rings (SSSR count). The summed E-state index contributed by atoms with van der Waals surface area (Å²) in [4.78, 5) is 31.2. The van der Waals surface area contributed by atoms with Crippen molar-refractivity contribution in [2.75, 3.05) is 18.0 Å². The van der Waals surface area contributed by atoms with Gasteiger partial charge in [0, 0.05) is 18.0 Å². The number of nitrogens with zero attached hydrogens (tertiary/aromatic N) is 2. The average molecular weight is 364 g/mol. The van der Waals surface area contributed by atoms with Crippen LogP contribution in [0.1, 0.15) is 18.4 Å². The van der Waals surface area contributed by atoms with Crippen molar-refractivity contribution in [2.45, 2.75) is 24.7 Å². The van der Waals surface area contributed by atoms with Crippen molar-refractivity contribution in [3.8, 4) is 0 Å². The van der Waals surface area contributed by atoms with Gasteiger partial charge in [-0.1, -0.05) is 47.7 Å². The number of likely N-dealkylation sites (tertiary alicyclic amines) is 1. The molecule has 1 saturated heterocycles. The van der Waals surface area contributed by atoms with E-state index in [2.05, 4.69) is 4.90 Å².